The fourth-order valence-electron chi connectivity index (χ4n) is 1.32. The van der Waals surface area contributed by atoms with Gasteiger partial charge in [0.25, 0.3) is 0 Å². The number of esters is 1. The van der Waals surface area contributed by atoms with Gasteiger partial charge >= 0.3 is 5.97 Å². The minimum absolute atomic E-state index is 0.0549. The summed E-state index contributed by atoms with van der Waals surface area (Å²) in [5, 5.41) is 0. The van der Waals surface area contributed by atoms with Gasteiger partial charge in [0.1, 0.15) is 0 Å². The lowest BCUT2D eigenvalue weighted by Crippen LogP contribution is -2.37. The first kappa shape index (κ1) is 16.6. The highest BCUT2D eigenvalue weighted by atomic mass is 16.5. The molecule has 0 fully saturated rings. The summed E-state index contributed by atoms with van der Waals surface area (Å²) < 4.78 is 4.58. The Balaban J connectivity index is 4.46. The summed E-state index contributed by atoms with van der Waals surface area (Å²) in [6, 6.07) is 0. The van der Waals surface area contributed by atoms with Gasteiger partial charge in [0.2, 0.25) is 5.91 Å². The average Bonchev–Trinajstić information content (AvgIpc) is 2.27. The zero-order valence-corrected chi connectivity index (χ0v) is 12.0. The van der Waals surface area contributed by atoms with E-state index in [1.54, 1.807) is 11.0 Å². The third-order valence-corrected chi connectivity index (χ3v) is 2.35. The van der Waals surface area contributed by atoms with Crippen molar-refractivity contribution < 1.29 is 14.3 Å². The Morgan fingerprint density at radius 1 is 1.11 bits per heavy atom. The van der Waals surface area contributed by atoms with Crippen molar-refractivity contribution in [2.45, 2.75) is 20.3 Å². The summed E-state index contributed by atoms with van der Waals surface area (Å²) in [4.78, 5) is 26.7. The topological polar surface area (TPSA) is 49.9 Å². The number of methoxy groups -OCH3 is 1. The number of allylic oxidation sites excluding steroid dienone is 1. The molecular formula is C13H24N2O3. The molecule has 0 aliphatic heterocycles. The molecule has 0 N–H and O–H groups in total. The summed E-state index contributed by atoms with van der Waals surface area (Å²) in [7, 11) is 5.25. The Labute approximate surface area is 109 Å². The van der Waals surface area contributed by atoms with E-state index < -0.39 is 0 Å². The lowest BCUT2D eigenvalue weighted by Gasteiger charge is -2.23. The van der Waals surface area contributed by atoms with E-state index in [1.165, 1.54) is 7.11 Å². The molecule has 104 valence electrons. The lowest BCUT2D eigenvalue weighted by atomic mass is 10.3. The summed E-state index contributed by atoms with van der Waals surface area (Å²) in [5.74, 6) is -0.351. The monoisotopic (exact) mass is 256 g/mol. The summed E-state index contributed by atoms with van der Waals surface area (Å²) in [6.45, 7) is 5.52. The third-order valence-electron chi connectivity index (χ3n) is 2.35. The number of hydrogen-bond donors (Lipinski definition) is 0. The van der Waals surface area contributed by atoms with Gasteiger partial charge in [-0.1, -0.05) is 5.57 Å². The zero-order valence-electron chi connectivity index (χ0n) is 12.0. The second-order valence-corrected chi connectivity index (χ2v) is 4.68. The molecule has 0 rings (SSSR count). The van der Waals surface area contributed by atoms with Crippen LogP contribution in [0.25, 0.3) is 0 Å². The molecule has 5 heteroatoms. The van der Waals surface area contributed by atoms with Crippen molar-refractivity contribution in [3.63, 3.8) is 0 Å². The minimum Gasteiger partial charge on any atom is -0.469 e. The van der Waals surface area contributed by atoms with Crippen molar-refractivity contribution in [3.8, 4) is 0 Å². The highest BCUT2D eigenvalue weighted by Gasteiger charge is 2.13. The van der Waals surface area contributed by atoms with Gasteiger partial charge in [-0.2, -0.15) is 0 Å². The maximum Gasteiger partial charge on any atom is 0.307 e. The lowest BCUT2D eigenvalue weighted by molar-refractivity contribution is -0.141. The Morgan fingerprint density at radius 2 is 1.72 bits per heavy atom. The zero-order chi connectivity index (χ0) is 14.1. The highest BCUT2D eigenvalue weighted by molar-refractivity contribution is 5.88. The Bertz CT molecular complexity index is 307. The minimum atomic E-state index is -0.296. The molecule has 0 aliphatic carbocycles. The van der Waals surface area contributed by atoms with Crippen molar-refractivity contribution in [2.24, 2.45) is 0 Å². The molecule has 0 spiro atoms. The van der Waals surface area contributed by atoms with Crippen LogP contribution in [0.1, 0.15) is 20.3 Å². The molecule has 0 saturated heterocycles. The quantitative estimate of drug-likeness (QED) is 0.502. The van der Waals surface area contributed by atoms with E-state index in [1.807, 2.05) is 32.8 Å². The number of ether oxygens (including phenoxy) is 1. The number of hydrogen-bond acceptors (Lipinski definition) is 4. The first-order valence-corrected chi connectivity index (χ1v) is 6.02. The van der Waals surface area contributed by atoms with Crippen molar-refractivity contribution in [1.29, 1.82) is 0 Å². The first-order valence-electron chi connectivity index (χ1n) is 6.02. The van der Waals surface area contributed by atoms with Crippen LogP contribution in [0.5, 0.6) is 0 Å². The molecule has 0 bridgehead atoms. The maximum atomic E-state index is 11.9. The number of carbonyl (C=O) groups excluding carboxylic acids is 2. The van der Waals surface area contributed by atoms with E-state index >= 15 is 0 Å². The van der Waals surface area contributed by atoms with Gasteiger partial charge in [0.05, 0.1) is 13.5 Å². The molecule has 0 atom stereocenters. The predicted molar refractivity (Wildman–Crippen MR) is 71.2 cm³/mol. The Morgan fingerprint density at radius 3 is 2.17 bits per heavy atom. The smallest absolute Gasteiger partial charge is 0.307 e. The van der Waals surface area contributed by atoms with Gasteiger partial charge < -0.3 is 14.5 Å². The second-order valence-electron chi connectivity index (χ2n) is 4.68. The van der Waals surface area contributed by atoms with Crippen molar-refractivity contribution in [3.05, 3.63) is 11.6 Å². The van der Waals surface area contributed by atoms with Crippen LogP contribution in [0.2, 0.25) is 0 Å². The van der Waals surface area contributed by atoms with Crippen LogP contribution in [-0.2, 0) is 14.3 Å². The van der Waals surface area contributed by atoms with Crippen LogP contribution in [0.15, 0.2) is 11.6 Å². The number of rotatable bonds is 7. The van der Waals surface area contributed by atoms with Crippen molar-refractivity contribution >= 4 is 11.9 Å². The molecule has 0 heterocycles. The fraction of sp³-hybridized carbons (Fsp3) is 0.692. The van der Waals surface area contributed by atoms with Gasteiger partial charge in [-0.3, -0.25) is 9.59 Å². The number of carbonyl (C=O) groups is 2. The van der Waals surface area contributed by atoms with Gasteiger partial charge in [0.15, 0.2) is 0 Å². The Kier molecular flexibility index (Phi) is 8.03. The van der Waals surface area contributed by atoms with Gasteiger partial charge in [-0.05, 0) is 27.9 Å². The molecule has 0 aromatic heterocycles. The van der Waals surface area contributed by atoms with Crippen LogP contribution in [0.3, 0.4) is 0 Å². The molecule has 0 saturated carbocycles. The summed E-state index contributed by atoms with van der Waals surface area (Å²) in [6.07, 6.45) is 1.82. The predicted octanol–water partition coefficient (Wildman–Crippen LogP) is 0.906. The largest absolute Gasteiger partial charge is 0.469 e. The van der Waals surface area contributed by atoms with Crippen LogP contribution in [-0.4, -0.2) is 62.5 Å². The highest BCUT2D eigenvalue weighted by Crippen LogP contribution is 1.99. The molecule has 0 radical (unpaired) electrons. The van der Waals surface area contributed by atoms with Crippen molar-refractivity contribution in [2.75, 3.05) is 40.8 Å². The molecule has 18 heavy (non-hydrogen) atoms. The van der Waals surface area contributed by atoms with E-state index in [2.05, 4.69) is 4.74 Å². The Hall–Kier alpha value is -1.36. The SMILES string of the molecule is COC(=O)CCN(CCN(C)C)C(=O)C=C(C)C. The molecule has 0 aromatic rings. The van der Waals surface area contributed by atoms with Gasteiger partial charge in [-0.25, -0.2) is 0 Å². The average molecular weight is 256 g/mol. The van der Waals surface area contributed by atoms with E-state index in [4.69, 9.17) is 0 Å². The normalized spacial score (nSPS) is 10.1. The van der Waals surface area contributed by atoms with E-state index in [9.17, 15) is 9.59 Å². The standard InChI is InChI=1S/C13H24N2O3/c1-11(2)10-12(16)15(9-8-14(3)4)7-6-13(17)18-5/h10H,6-9H2,1-5H3. The molecule has 1 amide bonds. The number of likely N-dealkylation sites (N-methyl/N-ethyl adjacent to an activating group) is 1. The number of amides is 1. The van der Waals surface area contributed by atoms with Gasteiger partial charge in [-0.15, -0.1) is 0 Å². The molecule has 0 aliphatic rings. The third kappa shape index (κ3) is 7.84. The van der Waals surface area contributed by atoms with Crippen LogP contribution in [0.4, 0.5) is 0 Å². The second kappa shape index (κ2) is 8.69. The molecule has 5 nitrogen and oxygen atoms in total. The van der Waals surface area contributed by atoms with Crippen LogP contribution in [0, 0.1) is 0 Å². The molecule has 0 unspecified atom stereocenters. The molecular weight excluding hydrogens is 232 g/mol. The first-order chi connectivity index (χ1) is 8.36. The van der Waals surface area contributed by atoms with E-state index in [0.717, 1.165) is 12.1 Å². The van der Waals surface area contributed by atoms with Gasteiger partial charge in [0, 0.05) is 25.7 Å². The summed E-state index contributed by atoms with van der Waals surface area (Å²) >= 11 is 0. The maximum absolute atomic E-state index is 11.9. The fourth-order valence-corrected chi connectivity index (χ4v) is 1.32. The van der Waals surface area contributed by atoms with E-state index in [-0.39, 0.29) is 18.3 Å². The molecule has 0 aromatic carbocycles. The van der Waals surface area contributed by atoms with Crippen LogP contribution >= 0.6 is 0 Å². The summed E-state index contributed by atoms with van der Waals surface area (Å²) in [5.41, 5.74) is 0.952. The van der Waals surface area contributed by atoms with E-state index in [0.29, 0.717) is 13.1 Å². The van der Waals surface area contributed by atoms with Crippen molar-refractivity contribution in [1.82, 2.24) is 9.80 Å². The van der Waals surface area contributed by atoms with Crippen LogP contribution < -0.4 is 0 Å². The number of nitrogens with zero attached hydrogens (tertiary/aromatic N) is 2.